The molecule has 3 rings (SSSR count). The lowest BCUT2D eigenvalue weighted by Gasteiger charge is -2.05. The minimum Gasteiger partial charge on any atom is -0.502 e. The van der Waals surface area contributed by atoms with Crippen molar-refractivity contribution in [3.05, 3.63) is 52.1 Å². The number of rotatable bonds is 5. The van der Waals surface area contributed by atoms with E-state index < -0.39 is 16.4 Å². The second-order valence-corrected chi connectivity index (χ2v) is 5.19. The van der Waals surface area contributed by atoms with Gasteiger partial charge in [-0.25, -0.2) is 10.4 Å². The van der Waals surface area contributed by atoms with Gasteiger partial charge in [0.2, 0.25) is 11.7 Å². The molecule has 3 aromatic rings. The minimum absolute atomic E-state index is 0.150. The number of hydrogen-bond donors (Lipinski definition) is 2. The van der Waals surface area contributed by atoms with E-state index in [9.17, 15) is 15.2 Å². The number of phenolic OH excluding ortho intramolecular Hbond substituents is 1. The molecule has 0 saturated carbocycles. The molecule has 25 heavy (non-hydrogen) atoms. The molecule has 2 N–H and O–H groups in total. The highest BCUT2D eigenvalue weighted by molar-refractivity contribution is 5.87. The average Bonchev–Trinajstić information content (AvgIpc) is 2.92. The molecule has 0 amide bonds. The van der Waals surface area contributed by atoms with Crippen molar-refractivity contribution in [2.45, 2.75) is 0 Å². The Balaban J connectivity index is 1.90. The zero-order valence-corrected chi connectivity index (χ0v) is 13.5. The Morgan fingerprint density at radius 1 is 1.40 bits per heavy atom. The van der Waals surface area contributed by atoms with Gasteiger partial charge in [0.25, 0.3) is 0 Å². The number of imidazole rings is 1. The van der Waals surface area contributed by atoms with E-state index in [0.29, 0.717) is 5.95 Å². The molecule has 0 unspecified atom stereocenters. The summed E-state index contributed by atoms with van der Waals surface area (Å²) in [5.41, 5.74) is 4.20. The molecular formula is C16H15N5O4. The van der Waals surface area contributed by atoms with Gasteiger partial charge in [0.05, 0.1) is 35.3 Å². The molecule has 128 valence electrons. The molecule has 0 bridgehead atoms. The number of nitro groups is 1. The Bertz CT molecular complexity index is 980. The number of hydrazone groups is 1. The highest BCUT2D eigenvalue weighted by atomic mass is 16.6. The van der Waals surface area contributed by atoms with Gasteiger partial charge in [0.1, 0.15) is 5.75 Å². The van der Waals surface area contributed by atoms with E-state index in [2.05, 4.69) is 15.5 Å². The molecule has 0 spiro atoms. The predicted molar refractivity (Wildman–Crippen MR) is 93.2 cm³/mol. The van der Waals surface area contributed by atoms with Crippen molar-refractivity contribution < 1.29 is 14.8 Å². The standard InChI is InChI=1S/C16H15N5O4/c1-20-13-6-4-3-5-12(13)18-16(20)19-17-9-10-7-11(25-2)8-14(15(10)22)21(23)24/h3-9,22H,1-2H3,(H,18,19)/b17-9-. The van der Waals surface area contributed by atoms with Gasteiger partial charge in [-0.15, -0.1) is 0 Å². The number of benzene rings is 2. The lowest BCUT2D eigenvalue weighted by Crippen LogP contribution is -2.00. The minimum atomic E-state index is -0.686. The van der Waals surface area contributed by atoms with Crippen molar-refractivity contribution in [3.8, 4) is 11.5 Å². The van der Waals surface area contributed by atoms with Crippen LogP contribution in [0.1, 0.15) is 5.56 Å². The lowest BCUT2D eigenvalue weighted by atomic mass is 10.1. The van der Waals surface area contributed by atoms with Crippen LogP contribution in [-0.4, -0.2) is 32.9 Å². The van der Waals surface area contributed by atoms with Gasteiger partial charge in [-0.1, -0.05) is 12.1 Å². The van der Waals surface area contributed by atoms with Gasteiger partial charge >= 0.3 is 5.69 Å². The first-order valence-corrected chi connectivity index (χ1v) is 7.27. The zero-order valence-electron chi connectivity index (χ0n) is 13.5. The molecule has 0 atom stereocenters. The van der Waals surface area contributed by atoms with Crippen molar-refractivity contribution in [1.82, 2.24) is 9.55 Å². The number of anilines is 1. The third-order valence-electron chi connectivity index (χ3n) is 3.68. The molecule has 0 radical (unpaired) electrons. The van der Waals surface area contributed by atoms with Gasteiger partial charge in [0, 0.05) is 12.6 Å². The number of nitrogens with zero attached hydrogens (tertiary/aromatic N) is 4. The van der Waals surface area contributed by atoms with Crippen molar-refractivity contribution >= 4 is 28.9 Å². The first-order valence-electron chi connectivity index (χ1n) is 7.27. The van der Waals surface area contributed by atoms with Crippen LogP contribution in [0, 0.1) is 10.1 Å². The molecule has 9 heteroatoms. The number of aryl methyl sites for hydroxylation is 1. The topological polar surface area (TPSA) is 115 Å². The average molecular weight is 341 g/mol. The summed E-state index contributed by atoms with van der Waals surface area (Å²) in [6.45, 7) is 0. The fraction of sp³-hybridized carbons (Fsp3) is 0.125. The molecule has 9 nitrogen and oxygen atoms in total. The van der Waals surface area contributed by atoms with E-state index in [4.69, 9.17) is 4.74 Å². The predicted octanol–water partition coefficient (Wildman–Crippen LogP) is 2.64. The fourth-order valence-corrected chi connectivity index (χ4v) is 2.37. The number of fused-ring (bicyclic) bond motifs is 1. The van der Waals surface area contributed by atoms with E-state index in [1.807, 2.05) is 35.9 Å². The second kappa shape index (κ2) is 6.48. The van der Waals surface area contributed by atoms with Gasteiger partial charge in [-0.05, 0) is 18.2 Å². The quantitative estimate of drug-likeness (QED) is 0.419. The SMILES string of the molecule is COc1cc(/C=N\Nc2nc3ccccc3n2C)c(O)c([N+](=O)[O-])c1. The summed E-state index contributed by atoms with van der Waals surface area (Å²) >= 11 is 0. The summed E-state index contributed by atoms with van der Waals surface area (Å²) in [5.74, 6) is 0.254. The van der Waals surface area contributed by atoms with E-state index in [-0.39, 0.29) is 11.3 Å². The molecule has 0 aliphatic heterocycles. The van der Waals surface area contributed by atoms with Crippen molar-refractivity contribution in [2.75, 3.05) is 12.5 Å². The number of phenols is 1. The van der Waals surface area contributed by atoms with Crippen LogP contribution in [0.3, 0.4) is 0 Å². The van der Waals surface area contributed by atoms with E-state index in [1.54, 1.807) is 0 Å². The summed E-state index contributed by atoms with van der Waals surface area (Å²) in [4.78, 5) is 14.7. The Morgan fingerprint density at radius 2 is 2.16 bits per heavy atom. The molecular weight excluding hydrogens is 326 g/mol. The third-order valence-corrected chi connectivity index (χ3v) is 3.68. The summed E-state index contributed by atoms with van der Waals surface area (Å²) in [6, 6.07) is 10.2. The first kappa shape index (κ1) is 16.2. The largest absolute Gasteiger partial charge is 0.502 e. The lowest BCUT2D eigenvalue weighted by molar-refractivity contribution is -0.385. The number of para-hydroxylation sites is 2. The zero-order chi connectivity index (χ0) is 18.0. The Labute approximate surface area is 142 Å². The monoisotopic (exact) mass is 341 g/mol. The smallest absolute Gasteiger partial charge is 0.315 e. The molecule has 0 aliphatic carbocycles. The van der Waals surface area contributed by atoms with Crippen molar-refractivity contribution in [3.63, 3.8) is 0 Å². The number of aromatic hydroxyl groups is 1. The van der Waals surface area contributed by atoms with Gasteiger partial charge in [-0.2, -0.15) is 5.10 Å². The maximum Gasteiger partial charge on any atom is 0.315 e. The Hall–Kier alpha value is -3.62. The van der Waals surface area contributed by atoms with Crippen LogP contribution >= 0.6 is 0 Å². The number of aromatic nitrogens is 2. The molecule has 0 fully saturated rings. The Kier molecular flexibility index (Phi) is 4.21. The van der Waals surface area contributed by atoms with Crippen LogP contribution in [-0.2, 0) is 7.05 Å². The summed E-state index contributed by atoms with van der Waals surface area (Å²) in [5, 5.41) is 25.0. The molecule has 0 saturated heterocycles. The highest BCUT2D eigenvalue weighted by Gasteiger charge is 2.18. The molecule has 0 aliphatic rings. The van der Waals surface area contributed by atoms with Crippen LogP contribution in [0.4, 0.5) is 11.6 Å². The van der Waals surface area contributed by atoms with Crippen LogP contribution in [0.2, 0.25) is 0 Å². The summed E-state index contributed by atoms with van der Waals surface area (Å²) in [6.07, 6.45) is 1.27. The van der Waals surface area contributed by atoms with Gasteiger partial charge < -0.3 is 14.4 Å². The second-order valence-electron chi connectivity index (χ2n) is 5.19. The van der Waals surface area contributed by atoms with Crippen LogP contribution in [0.5, 0.6) is 11.5 Å². The maximum absolute atomic E-state index is 11.0. The summed E-state index contributed by atoms with van der Waals surface area (Å²) < 4.78 is 6.83. The van der Waals surface area contributed by atoms with Crippen LogP contribution in [0.15, 0.2) is 41.5 Å². The van der Waals surface area contributed by atoms with Crippen LogP contribution in [0.25, 0.3) is 11.0 Å². The number of nitro benzene ring substituents is 1. The van der Waals surface area contributed by atoms with E-state index in [0.717, 1.165) is 17.1 Å². The number of nitrogens with one attached hydrogen (secondary N) is 1. The van der Waals surface area contributed by atoms with Crippen LogP contribution < -0.4 is 10.2 Å². The van der Waals surface area contributed by atoms with Crippen molar-refractivity contribution in [2.24, 2.45) is 12.1 Å². The van der Waals surface area contributed by atoms with E-state index in [1.165, 1.54) is 19.4 Å². The molecule has 1 heterocycles. The first-order chi connectivity index (χ1) is 12.0. The van der Waals surface area contributed by atoms with Crippen molar-refractivity contribution in [1.29, 1.82) is 0 Å². The maximum atomic E-state index is 11.0. The highest BCUT2D eigenvalue weighted by Crippen LogP contribution is 2.33. The van der Waals surface area contributed by atoms with Gasteiger partial charge in [0.15, 0.2) is 0 Å². The van der Waals surface area contributed by atoms with Gasteiger partial charge in [-0.3, -0.25) is 10.1 Å². The van der Waals surface area contributed by atoms with E-state index >= 15 is 0 Å². The molecule has 2 aromatic carbocycles. The Morgan fingerprint density at radius 3 is 2.84 bits per heavy atom. The molecule has 1 aromatic heterocycles. The number of hydrogen-bond acceptors (Lipinski definition) is 7. The number of methoxy groups -OCH3 is 1. The number of ether oxygens (including phenoxy) is 1. The normalized spacial score (nSPS) is 11.1. The third kappa shape index (κ3) is 3.07. The fourth-order valence-electron chi connectivity index (χ4n) is 2.37. The summed E-state index contributed by atoms with van der Waals surface area (Å²) in [7, 11) is 3.22.